The van der Waals surface area contributed by atoms with Gasteiger partial charge in [-0.2, -0.15) is 0 Å². The molecule has 2 unspecified atom stereocenters. The van der Waals surface area contributed by atoms with Crippen molar-refractivity contribution < 1.29 is 23.8 Å². The van der Waals surface area contributed by atoms with Crippen molar-refractivity contribution in [2.24, 2.45) is 5.92 Å². The Kier molecular flexibility index (Phi) is 5.55. The molecule has 3 atom stereocenters. The van der Waals surface area contributed by atoms with Crippen molar-refractivity contribution in [3.05, 3.63) is 47.5 Å². The minimum absolute atomic E-state index is 0.0429. The van der Waals surface area contributed by atoms with Crippen molar-refractivity contribution in [2.75, 3.05) is 6.61 Å². The Morgan fingerprint density at radius 3 is 2.57 bits per heavy atom. The van der Waals surface area contributed by atoms with Crippen LogP contribution in [0.15, 0.2) is 36.4 Å². The number of aryl methyl sites for hydroxylation is 1. The van der Waals surface area contributed by atoms with Crippen LogP contribution in [0.4, 0.5) is 0 Å². The average molecular weight is 318 g/mol. The van der Waals surface area contributed by atoms with Gasteiger partial charge in [-0.15, -0.1) is 0 Å². The summed E-state index contributed by atoms with van der Waals surface area (Å²) in [7, 11) is 0. The van der Waals surface area contributed by atoms with Crippen LogP contribution in [0.25, 0.3) is 0 Å². The van der Waals surface area contributed by atoms with E-state index in [1.807, 2.05) is 26.0 Å². The van der Waals surface area contributed by atoms with E-state index in [0.717, 1.165) is 5.56 Å². The molecule has 0 bridgehead atoms. The van der Waals surface area contributed by atoms with E-state index < -0.39 is 12.3 Å². The Morgan fingerprint density at radius 1 is 1.30 bits per heavy atom. The molecule has 124 valence electrons. The van der Waals surface area contributed by atoms with Crippen LogP contribution in [0.1, 0.15) is 36.2 Å². The zero-order valence-electron chi connectivity index (χ0n) is 13.7. The summed E-state index contributed by atoms with van der Waals surface area (Å²) >= 11 is 0. The number of hydrogen-bond acceptors (Lipinski definition) is 5. The number of carbonyl (C=O) groups excluding carboxylic acids is 2. The van der Waals surface area contributed by atoms with E-state index in [4.69, 9.17) is 14.2 Å². The van der Waals surface area contributed by atoms with Gasteiger partial charge in [0.15, 0.2) is 0 Å². The van der Waals surface area contributed by atoms with Crippen molar-refractivity contribution in [2.45, 2.75) is 39.6 Å². The lowest BCUT2D eigenvalue weighted by molar-refractivity contribution is -0.178. The summed E-state index contributed by atoms with van der Waals surface area (Å²) < 4.78 is 16.1. The molecule has 0 amide bonds. The van der Waals surface area contributed by atoms with Crippen molar-refractivity contribution >= 4 is 11.9 Å². The topological polar surface area (TPSA) is 61.8 Å². The van der Waals surface area contributed by atoms with Crippen LogP contribution in [0, 0.1) is 12.8 Å². The Balaban J connectivity index is 1.83. The number of esters is 2. The minimum Gasteiger partial charge on any atom is -0.459 e. The largest absolute Gasteiger partial charge is 0.459 e. The maximum Gasteiger partial charge on any atom is 0.338 e. The molecule has 1 fully saturated rings. The fourth-order valence-corrected chi connectivity index (χ4v) is 2.30. The monoisotopic (exact) mass is 318 g/mol. The first-order chi connectivity index (χ1) is 10.9. The lowest BCUT2D eigenvalue weighted by Gasteiger charge is -2.16. The van der Waals surface area contributed by atoms with E-state index in [1.54, 1.807) is 19.1 Å². The smallest absolute Gasteiger partial charge is 0.338 e. The van der Waals surface area contributed by atoms with E-state index >= 15 is 0 Å². The van der Waals surface area contributed by atoms with Gasteiger partial charge in [-0.25, -0.2) is 9.59 Å². The maximum atomic E-state index is 12.0. The molecule has 5 heteroatoms. The highest BCUT2D eigenvalue weighted by Gasteiger charge is 2.35. The number of hydrogen-bond donors (Lipinski definition) is 0. The first-order valence-corrected chi connectivity index (χ1v) is 7.62. The summed E-state index contributed by atoms with van der Waals surface area (Å²) in [5.74, 6) is -0.816. The van der Waals surface area contributed by atoms with Crippen LogP contribution < -0.4 is 0 Å². The van der Waals surface area contributed by atoms with E-state index in [2.05, 4.69) is 6.58 Å². The summed E-state index contributed by atoms with van der Waals surface area (Å²) in [5.41, 5.74) is 1.92. The number of carbonyl (C=O) groups is 2. The molecule has 5 nitrogen and oxygen atoms in total. The molecule has 1 heterocycles. The molecule has 1 saturated heterocycles. The van der Waals surface area contributed by atoms with Gasteiger partial charge >= 0.3 is 11.9 Å². The number of benzene rings is 1. The Hall–Kier alpha value is -2.14. The van der Waals surface area contributed by atoms with Gasteiger partial charge in [-0.05, 0) is 32.4 Å². The van der Waals surface area contributed by atoms with Crippen LogP contribution in [0.2, 0.25) is 0 Å². The molecule has 1 aromatic carbocycles. The molecular formula is C18H22O5. The van der Waals surface area contributed by atoms with Gasteiger partial charge in [0.1, 0.15) is 6.61 Å². The second-order valence-electron chi connectivity index (χ2n) is 5.99. The Bertz CT molecular complexity index is 590. The van der Waals surface area contributed by atoms with Crippen molar-refractivity contribution in [1.29, 1.82) is 0 Å². The van der Waals surface area contributed by atoms with Crippen molar-refractivity contribution in [1.82, 2.24) is 0 Å². The van der Waals surface area contributed by atoms with E-state index in [-0.39, 0.29) is 24.6 Å². The molecule has 0 radical (unpaired) electrons. The predicted molar refractivity (Wildman–Crippen MR) is 84.8 cm³/mol. The number of rotatable bonds is 5. The molecular weight excluding hydrogens is 296 g/mol. The van der Waals surface area contributed by atoms with Gasteiger partial charge in [-0.3, -0.25) is 0 Å². The molecule has 23 heavy (non-hydrogen) atoms. The molecule has 1 aliphatic rings. The highest BCUT2D eigenvalue weighted by atomic mass is 16.7. The lowest BCUT2D eigenvalue weighted by Crippen LogP contribution is -2.24. The highest BCUT2D eigenvalue weighted by molar-refractivity contribution is 5.89. The highest BCUT2D eigenvalue weighted by Crippen LogP contribution is 2.28. The van der Waals surface area contributed by atoms with Crippen LogP contribution >= 0.6 is 0 Å². The van der Waals surface area contributed by atoms with Gasteiger partial charge in [0, 0.05) is 11.5 Å². The third-order valence-electron chi connectivity index (χ3n) is 3.69. The molecule has 0 spiro atoms. The summed E-state index contributed by atoms with van der Waals surface area (Å²) in [4.78, 5) is 23.5. The summed E-state index contributed by atoms with van der Waals surface area (Å²) in [6, 6.07) is 7.18. The normalized spacial score (nSPS) is 23.3. The van der Waals surface area contributed by atoms with Gasteiger partial charge in [0.05, 0.1) is 11.7 Å². The van der Waals surface area contributed by atoms with E-state index in [0.29, 0.717) is 17.6 Å². The zero-order valence-corrected chi connectivity index (χ0v) is 13.7. The minimum atomic E-state index is -0.623. The van der Waals surface area contributed by atoms with Crippen molar-refractivity contribution in [3.8, 4) is 0 Å². The van der Waals surface area contributed by atoms with E-state index in [1.165, 1.54) is 0 Å². The van der Waals surface area contributed by atoms with Crippen LogP contribution in [0.5, 0.6) is 0 Å². The maximum absolute atomic E-state index is 12.0. The van der Waals surface area contributed by atoms with Crippen LogP contribution in [0.3, 0.4) is 0 Å². The van der Waals surface area contributed by atoms with Crippen LogP contribution in [-0.4, -0.2) is 30.9 Å². The van der Waals surface area contributed by atoms with Crippen LogP contribution in [-0.2, 0) is 19.0 Å². The molecule has 0 saturated carbocycles. The second kappa shape index (κ2) is 7.42. The molecule has 1 aromatic rings. The molecule has 1 aliphatic heterocycles. The third-order valence-corrected chi connectivity index (χ3v) is 3.69. The zero-order chi connectivity index (χ0) is 17.0. The fraction of sp³-hybridized carbons (Fsp3) is 0.444. The SMILES string of the molecule is C=C(C)C(=O)OC1O[C@H](COC(=O)c2ccc(C)cc2)CC1C. The first kappa shape index (κ1) is 17.2. The Labute approximate surface area is 136 Å². The van der Waals surface area contributed by atoms with Gasteiger partial charge < -0.3 is 14.2 Å². The van der Waals surface area contributed by atoms with Gasteiger partial charge in [0.25, 0.3) is 0 Å². The molecule has 0 aliphatic carbocycles. The predicted octanol–water partition coefficient (Wildman–Crippen LogP) is 3.02. The standard InChI is InChI=1S/C18H22O5/c1-11(2)16(19)23-18-13(4)9-15(22-18)10-21-17(20)14-7-5-12(3)6-8-14/h5-8,13,15,18H,1,9-10H2,2-4H3/t13?,15-,18?/m0/s1. The molecule has 2 rings (SSSR count). The quantitative estimate of drug-likeness (QED) is 0.617. The van der Waals surface area contributed by atoms with E-state index in [9.17, 15) is 9.59 Å². The van der Waals surface area contributed by atoms with Crippen molar-refractivity contribution in [3.63, 3.8) is 0 Å². The fourth-order valence-electron chi connectivity index (χ4n) is 2.30. The summed E-state index contributed by atoms with van der Waals surface area (Å²) in [6.07, 6.45) is -0.237. The summed E-state index contributed by atoms with van der Waals surface area (Å²) in [6.45, 7) is 9.15. The lowest BCUT2D eigenvalue weighted by atomic mass is 10.1. The Morgan fingerprint density at radius 2 is 1.96 bits per heavy atom. The third kappa shape index (κ3) is 4.66. The molecule has 0 N–H and O–H groups in total. The number of ether oxygens (including phenoxy) is 3. The average Bonchev–Trinajstić information content (AvgIpc) is 2.85. The van der Waals surface area contributed by atoms with Gasteiger partial charge in [0.2, 0.25) is 6.29 Å². The first-order valence-electron chi connectivity index (χ1n) is 7.62. The second-order valence-corrected chi connectivity index (χ2v) is 5.99. The van der Waals surface area contributed by atoms with Gasteiger partial charge in [-0.1, -0.05) is 31.2 Å². The summed E-state index contributed by atoms with van der Waals surface area (Å²) in [5, 5.41) is 0. The molecule has 0 aromatic heterocycles.